The maximum atomic E-state index is 10.8. The molecule has 0 bridgehead atoms. The number of para-hydroxylation sites is 2. The topological polar surface area (TPSA) is 916 Å². The van der Waals surface area contributed by atoms with E-state index in [4.69, 9.17) is 0 Å². The van der Waals surface area contributed by atoms with E-state index in [1.54, 1.807) is 12.1 Å². The molecule has 46 N–H and O–H groups in total. The fourth-order valence-corrected chi connectivity index (χ4v) is 4.53. The van der Waals surface area contributed by atoms with E-state index < -0.39 is 100 Å². The molecule has 0 heterocycles. The number of carbonyl (C=O) groups is 8. The standard InChI is InChI=1S/2C15H18N2O8.4Mn.18H2O/c2*18-12(19)6-16(7-13(20)21)5-10-3-1-2-4-11(10)17(8-14(22)23)9-15(24)25;;;;;;;;;;;;;;;;;;;;;;/h2*1-4H,5-9H2,(H,18,19)(H,20,21)(H,22,23)(H,24,25);;;;;18*1H2/q;;2*+2;2*+3;;;;;;;;;;;;;;;;;;/p+2. The van der Waals surface area contributed by atoms with Crippen LogP contribution in [0.3, 0.4) is 0 Å². The largest absolute Gasteiger partial charge is 3.00 e. The van der Waals surface area contributed by atoms with Crippen molar-refractivity contribution in [2.24, 2.45) is 0 Å². The Kier molecular flexibility index (Phi) is 150. The third kappa shape index (κ3) is 63.1. The molecule has 0 fully saturated rings. The maximum absolute atomic E-state index is 10.8. The number of carboxylic acids is 8. The summed E-state index contributed by atoms with van der Waals surface area (Å²) in [6.45, 7) is -6.22. The molecule has 0 unspecified atom stereocenters. The van der Waals surface area contributed by atoms with Crippen molar-refractivity contribution in [3.05, 3.63) is 59.7 Å². The number of carboxylic acid groups (broad SMARTS) is 8. The fraction of sp³-hybridized carbons (Fsp3) is 0.333. The van der Waals surface area contributed by atoms with Gasteiger partial charge in [0.05, 0.1) is 73.9 Å². The molecule has 2 aromatic carbocycles. The van der Waals surface area contributed by atoms with Gasteiger partial charge in [0.1, 0.15) is 0 Å². The number of hydrogen-bond donors (Lipinski definition) is 0. The third-order valence-electron chi connectivity index (χ3n) is 6.14. The zero-order valence-corrected chi connectivity index (χ0v) is 42.0. The summed E-state index contributed by atoms with van der Waals surface area (Å²) in [7, 11) is 0. The number of anilines is 2. The van der Waals surface area contributed by atoms with E-state index in [9.17, 15) is 79.2 Å². The number of nitrogens with zero attached hydrogens (tertiary/aromatic N) is 4. The third-order valence-corrected chi connectivity index (χ3v) is 6.14. The summed E-state index contributed by atoms with van der Waals surface area (Å²) in [5.41, 5.74) is 0.954. The quantitative estimate of drug-likeness (QED) is 0.0780. The van der Waals surface area contributed by atoms with Crippen LogP contribution in [0.4, 0.5) is 11.4 Å². The summed E-state index contributed by atoms with van der Waals surface area (Å²) in [6.07, 6.45) is 0. The number of aliphatic carboxylic acids is 8. The Morgan fingerprint density at radius 3 is 0.611 bits per heavy atom. The van der Waals surface area contributed by atoms with E-state index in [-0.39, 0.29) is 191 Å². The molecular formula is C30H74Mn4N4O34+12. The summed E-state index contributed by atoms with van der Waals surface area (Å²) in [5, 5.41) is 86.3. The van der Waals surface area contributed by atoms with Gasteiger partial charge < -0.3 is 188 Å². The summed E-state index contributed by atoms with van der Waals surface area (Å²) in [5.74, 6) is -12.2. The SMILES string of the molecule is O.O.O.O.O.O.O.O.O=C([O-])CN(CC(=O)[O-])Cc1ccccc1N(CC(=O)[O-])CC(=O)[O-].O=C([O-])CN(CC(=O)[O-])Cc1ccccc1N(CC(=O)[O-])CC(=O)[O-].[Mn+2].[Mn+2].[Mn+3].[Mn+3].[OH3+].[OH3+].[OH3+].[OH3+].[OH3+].[OH3+].[OH3+].[OH3+].[OH3+].[OH3+]. The summed E-state index contributed by atoms with van der Waals surface area (Å²) >= 11 is 0. The molecule has 434 valence electrons. The smallest absolute Gasteiger partial charge is 0.549 e. The van der Waals surface area contributed by atoms with Crippen LogP contribution in [-0.2, 0) is 174 Å². The van der Waals surface area contributed by atoms with E-state index in [0.717, 1.165) is 19.6 Å². The monoisotopic (exact) mass is 1250 g/mol. The molecule has 0 aromatic heterocycles. The van der Waals surface area contributed by atoms with Crippen LogP contribution in [-0.4, -0.2) is 154 Å². The van der Waals surface area contributed by atoms with Crippen LogP contribution >= 0.6 is 0 Å². The van der Waals surface area contributed by atoms with Crippen molar-refractivity contribution in [3.8, 4) is 0 Å². The fourth-order valence-electron chi connectivity index (χ4n) is 4.53. The summed E-state index contributed by atoms with van der Waals surface area (Å²) < 4.78 is 0. The number of rotatable bonds is 22. The van der Waals surface area contributed by atoms with Crippen molar-refractivity contribution in [3.63, 3.8) is 0 Å². The van der Waals surface area contributed by atoms with Gasteiger partial charge in [0.2, 0.25) is 0 Å². The minimum atomic E-state index is -1.53. The van der Waals surface area contributed by atoms with Crippen molar-refractivity contribution >= 4 is 59.1 Å². The van der Waals surface area contributed by atoms with E-state index in [1.807, 2.05) is 0 Å². The van der Waals surface area contributed by atoms with Crippen molar-refractivity contribution in [2.45, 2.75) is 13.1 Å². The summed E-state index contributed by atoms with van der Waals surface area (Å²) in [4.78, 5) is 90.2. The first-order chi connectivity index (χ1) is 23.4. The van der Waals surface area contributed by atoms with Gasteiger partial charge in [-0.05, 0) is 23.3 Å². The molecule has 0 saturated carbocycles. The number of hydrogen-bond acceptors (Lipinski definition) is 20. The predicted octanol–water partition coefficient (Wildman–Crippen LogP) is -27.2. The molecule has 0 aliphatic heterocycles. The Labute approximate surface area is 448 Å². The van der Waals surface area contributed by atoms with Gasteiger partial charge in [0.25, 0.3) is 0 Å². The average Bonchev–Trinajstić information content (AvgIpc) is 2.95. The Balaban J connectivity index is -0.0000000266. The second kappa shape index (κ2) is 75.0. The first-order valence-corrected chi connectivity index (χ1v) is 14.1. The van der Waals surface area contributed by atoms with Gasteiger partial charge >= 0.3 is 68.3 Å². The van der Waals surface area contributed by atoms with Crippen LogP contribution in [0.25, 0.3) is 0 Å². The molecule has 2 radical (unpaired) electrons. The molecule has 0 amide bonds. The number of benzene rings is 2. The molecule has 0 spiro atoms. The molecule has 2 rings (SSSR count). The molecule has 0 atom stereocenters. The van der Waals surface area contributed by atoms with E-state index in [0.29, 0.717) is 11.1 Å². The van der Waals surface area contributed by atoms with Crippen LogP contribution in [0.15, 0.2) is 48.5 Å². The van der Waals surface area contributed by atoms with Crippen LogP contribution in [0.5, 0.6) is 0 Å². The van der Waals surface area contributed by atoms with Gasteiger partial charge in [0, 0.05) is 50.6 Å². The Morgan fingerprint density at radius 2 is 0.458 bits per heavy atom. The normalized spacial score (nSPS) is 7.25. The second-order valence-electron chi connectivity index (χ2n) is 10.2. The maximum Gasteiger partial charge on any atom is 3.00 e. The average molecular weight is 1250 g/mol. The Hall–Kier alpha value is -4.92. The molecule has 0 aliphatic rings. The van der Waals surface area contributed by atoms with Gasteiger partial charge in [0.15, 0.2) is 0 Å². The van der Waals surface area contributed by atoms with Gasteiger partial charge in [-0.2, -0.15) is 0 Å². The molecule has 2 aromatic rings. The van der Waals surface area contributed by atoms with E-state index >= 15 is 0 Å². The minimum Gasteiger partial charge on any atom is -0.549 e. The zero-order chi connectivity index (χ0) is 38.0. The molecule has 0 aliphatic carbocycles. The minimum absolute atomic E-state index is 0. The van der Waals surface area contributed by atoms with Crippen LogP contribution in [0, 0.1) is 0 Å². The molecular weight excluding hydrogens is 1180 g/mol. The molecule has 38 nitrogen and oxygen atoms in total. The first kappa shape index (κ1) is 144. The van der Waals surface area contributed by atoms with Crippen LogP contribution in [0.1, 0.15) is 11.1 Å². The van der Waals surface area contributed by atoms with E-state index in [1.165, 1.54) is 36.4 Å². The molecule has 0 saturated heterocycles. The summed E-state index contributed by atoms with van der Waals surface area (Å²) in [6, 6.07) is 11.9. The van der Waals surface area contributed by atoms with Crippen LogP contribution < -0.4 is 50.7 Å². The van der Waals surface area contributed by atoms with Crippen molar-refractivity contribution in [1.82, 2.24) is 9.80 Å². The van der Waals surface area contributed by atoms with Crippen molar-refractivity contribution < 1.29 is 246 Å². The Bertz CT molecular complexity index is 1420. The van der Waals surface area contributed by atoms with Crippen molar-refractivity contribution in [2.75, 3.05) is 62.2 Å². The zero-order valence-electron chi connectivity index (χ0n) is 37.3. The van der Waals surface area contributed by atoms with Gasteiger partial charge in [-0.25, -0.2) is 0 Å². The molecule has 42 heteroatoms. The van der Waals surface area contributed by atoms with Crippen molar-refractivity contribution in [1.29, 1.82) is 0 Å². The van der Waals surface area contributed by atoms with E-state index in [2.05, 4.69) is 0 Å². The second-order valence-corrected chi connectivity index (χ2v) is 10.2. The van der Waals surface area contributed by atoms with Gasteiger partial charge in [-0.15, -0.1) is 0 Å². The van der Waals surface area contributed by atoms with Gasteiger partial charge in [-0.3, -0.25) is 9.80 Å². The predicted molar refractivity (Wildman–Crippen MR) is 226 cm³/mol. The van der Waals surface area contributed by atoms with Crippen LogP contribution in [0.2, 0.25) is 0 Å². The van der Waals surface area contributed by atoms with Gasteiger partial charge in [-0.1, -0.05) is 36.4 Å². The molecule has 72 heavy (non-hydrogen) atoms. The number of carbonyl (C=O) groups excluding carboxylic acids is 8. The Morgan fingerprint density at radius 1 is 0.306 bits per heavy atom. The first-order valence-electron chi connectivity index (χ1n) is 14.1.